The lowest BCUT2D eigenvalue weighted by Gasteiger charge is -2.21. The van der Waals surface area contributed by atoms with Crippen LogP contribution in [0.4, 0.5) is 0 Å². The van der Waals surface area contributed by atoms with Crippen LogP contribution < -0.4 is 5.32 Å². The average molecular weight is 304 g/mol. The number of aromatic amines is 1. The van der Waals surface area contributed by atoms with Crippen LogP contribution in [0.25, 0.3) is 11.2 Å². The van der Waals surface area contributed by atoms with Crippen molar-refractivity contribution in [3.63, 3.8) is 0 Å². The molecule has 0 saturated carbocycles. The molecule has 2 heterocycles. The highest BCUT2D eigenvalue weighted by atomic mass is 16.3. The summed E-state index contributed by atoms with van der Waals surface area (Å²) in [7, 11) is 0. The van der Waals surface area contributed by atoms with Gasteiger partial charge in [0.1, 0.15) is 5.82 Å². The van der Waals surface area contributed by atoms with E-state index in [2.05, 4.69) is 20.3 Å². The fraction of sp³-hybridized carbons (Fsp3) is 0.562. The highest BCUT2D eigenvalue weighted by Gasteiger charge is 2.15. The van der Waals surface area contributed by atoms with Crippen molar-refractivity contribution in [1.29, 1.82) is 0 Å². The van der Waals surface area contributed by atoms with Gasteiger partial charge in [-0.25, -0.2) is 9.97 Å². The summed E-state index contributed by atoms with van der Waals surface area (Å²) in [6.07, 6.45) is 4.44. The standard InChI is InChI=1S/C16H24N4O2/c1-16(2,11-21)8-4-10-17-14(22)7-6-13-19-12-5-3-9-18-15(12)20-13/h3,5,9,21H,4,6-8,10-11H2,1-2H3,(H,17,22)(H,18,19,20). The van der Waals surface area contributed by atoms with E-state index in [1.807, 2.05) is 26.0 Å². The number of aryl methyl sites for hydroxylation is 1. The number of aliphatic hydroxyl groups is 1. The van der Waals surface area contributed by atoms with E-state index in [0.717, 1.165) is 24.2 Å². The lowest BCUT2D eigenvalue weighted by Crippen LogP contribution is -2.26. The minimum Gasteiger partial charge on any atom is -0.396 e. The predicted molar refractivity (Wildman–Crippen MR) is 85.3 cm³/mol. The summed E-state index contributed by atoms with van der Waals surface area (Å²) in [5.74, 6) is 0.806. The molecule has 0 unspecified atom stereocenters. The van der Waals surface area contributed by atoms with E-state index in [4.69, 9.17) is 5.11 Å². The van der Waals surface area contributed by atoms with Gasteiger partial charge in [-0.3, -0.25) is 4.79 Å². The normalized spacial score (nSPS) is 11.8. The number of fused-ring (bicyclic) bond motifs is 1. The topological polar surface area (TPSA) is 90.9 Å². The van der Waals surface area contributed by atoms with Gasteiger partial charge in [0.15, 0.2) is 5.65 Å². The van der Waals surface area contributed by atoms with E-state index in [9.17, 15) is 4.79 Å². The Morgan fingerprint density at radius 2 is 2.27 bits per heavy atom. The van der Waals surface area contributed by atoms with Crippen LogP contribution in [0.15, 0.2) is 18.3 Å². The van der Waals surface area contributed by atoms with Crippen molar-refractivity contribution in [2.24, 2.45) is 5.41 Å². The lowest BCUT2D eigenvalue weighted by molar-refractivity contribution is -0.121. The number of nitrogens with one attached hydrogen (secondary N) is 2. The van der Waals surface area contributed by atoms with Crippen LogP contribution in [-0.4, -0.2) is 39.1 Å². The molecule has 0 aliphatic carbocycles. The van der Waals surface area contributed by atoms with Crippen molar-refractivity contribution in [3.8, 4) is 0 Å². The molecule has 0 spiro atoms. The van der Waals surface area contributed by atoms with Crippen molar-refractivity contribution in [3.05, 3.63) is 24.2 Å². The van der Waals surface area contributed by atoms with E-state index < -0.39 is 0 Å². The summed E-state index contributed by atoms with van der Waals surface area (Å²) in [5.41, 5.74) is 1.50. The van der Waals surface area contributed by atoms with Gasteiger partial charge in [0.2, 0.25) is 5.91 Å². The molecular weight excluding hydrogens is 280 g/mol. The van der Waals surface area contributed by atoms with E-state index in [-0.39, 0.29) is 17.9 Å². The maximum absolute atomic E-state index is 11.8. The maximum Gasteiger partial charge on any atom is 0.220 e. The SMILES string of the molecule is CC(C)(CO)CCCNC(=O)CCc1nc2ncccc2[nH]1. The molecule has 6 nitrogen and oxygen atoms in total. The Morgan fingerprint density at radius 1 is 1.45 bits per heavy atom. The lowest BCUT2D eigenvalue weighted by atomic mass is 9.89. The second kappa shape index (κ2) is 7.35. The Bertz CT molecular complexity index is 588. The molecule has 3 N–H and O–H groups in total. The molecule has 120 valence electrons. The Labute approximate surface area is 130 Å². The van der Waals surface area contributed by atoms with E-state index in [0.29, 0.717) is 25.0 Å². The van der Waals surface area contributed by atoms with E-state index in [1.165, 1.54) is 0 Å². The highest BCUT2D eigenvalue weighted by molar-refractivity contribution is 5.76. The zero-order valence-corrected chi connectivity index (χ0v) is 13.2. The van der Waals surface area contributed by atoms with Gasteiger partial charge in [-0.15, -0.1) is 0 Å². The molecule has 0 bridgehead atoms. The van der Waals surface area contributed by atoms with Gasteiger partial charge in [-0.05, 0) is 30.4 Å². The molecule has 2 rings (SSSR count). The summed E-state index contributed by atoms with van der Waals surface area (Å²) in [4.78, 5) is 23.5. The van der Waals surface area contributed by atoms with Crippen molar-refractivity contribution in [2.75, 3.05) is 13.2 Å². The fourth-order valence-electron chi connectivity index (χ4n) is 2.21. The Morgan fingerprint density at radius 3 is 3.00 bits per heavy atom. The molecule has 0 fully saturated rings. The number of aliphatic hydroxyl groups excluding tert-OH is 1. The number of hydrogen-bond acceptors (Lipinski definition) is 4. The van der Waals surface area contributed by atoms with Gasteiger partial charge in [-0.1, -0.05) is 13.8 Å². The second-order valence-electron chi connectivity index (χ2n) is 6.33. The third kappa shape index (κ3) is 4.80. The van der Waals surface area contributed by atoms with Crippen molar-refractivity contribution >= 4 is 17.1 Å². The molecule has 0 atom stereocenters. The van der Waals surface area contributed by atoms with Gasteiger partial charge >= 0.3 is 0 Å². The van der Waals surface area contributed by atoms with Crippen LogP contribution in [0.1, 0.15) is 38.9 Å². The number of aromatic nitrogens is 3. The fourth-order valence-corrected chi connectivity index (χ4v) is 2.21. The number of carbonyl (C=O) groups is 1. The molecule has 0 radical (unpaired) electrons. The van der Waals surface area contributed by atoms with Crippen LogP contribution in [0, 0.1) is 5.41 Å². The third-order valence-corrected chi connectivity index (χ3v) is 3.68. The van der Waals surface area contributed by atoms with Gasteiger partial charge in [0, 0.05) is 32.2 Å². The summed E-state index contributed by atoms with van der Waals surface area (Å²) < 4.78 is 0. The number of hydrogen-bond donors (Lipinski definition) is 3. The monoisotopic (exact) mass is 304 g/mol. The van der Waals surface area contributed by atoms with Gasteiger partial charge in [0.05, 0.1) is 5.52 Å². The molecule has 2 aromatic rings. The molecule has 2 aromatic heterocycles. The molecule has 0 aromatic carbocycles. The summed E-state index contributed by atoms with van der Waals surface area (Å²) in [6.45, 7) is 4.85. The second-order valence-corrected chi connectivity index (χ2v) is 6.33. The van der Waals surface area contributed by atoms with Gasteiger partial charge in [-0.2, -0.15) is 0 Å². The van der Waals surface area contributed by atoms with Crippen LogP contribution in [-0.2, 0) is 11.2 Å². The molecule has 1 amide bonds. The van der Waals surface area contributed by atoms with E-state index >= 15 is 0 Å². The minimum atomic E-state index is -0.0774. The first-order chi connectivity index (χ1) is 10.5. The van der Waals surface area contributed by atoms with Gasteiger partial charge < -0.3 is 15.4 Å². The number of imidazole rings is 1. The number of amides is 1. The van der Waals surface area contributed by atoms with Crippen LogP contribution in [0.5, 0.6) is 0 Å². The van der Waals surface area contributed by atoms with Crippen molar-refractivity contribution in [1.82, 2.24) is 20.3 Å². The largest absolute Gasteiger partial charge is 0.396 e. The molecule has 22 heavy (non-hydrogen) atoms. The number of rotatable bonds is 8. The van der Waals surface area contributed by atoms with Crippen molar-refractivity contribution < 1.29 is 9.90 Å². The maximum atomic E-state index is 11.8. The predicted octanol–water partition coefficient (Wildman–Crippen LogP) is 1.81. The van der Waals surface area contributed by atoms with Crippen LogP contribution in [0.2, 0.25) is 0 Å². The Kier molecular flexibility index (Phi) is 5.49. The average Bonchev–Trinajstić information content (AvgIpc) is 2.92. The molecule has 0 aliphatic rings. The smallest absolute Gasteiger partial charge is 0.220 e. The highest BCUT2D eigenvalue weighted by Crippen LogP contribution is 2.20. The van der Waals surface area contributed by atoms with Gasteiger partial charge in [0.25, 0.3) is 0 Å². The number of carbonyl (C=O) groups excluding carboxylic acids is 1. The zero-order chi connectivity index (χ0) is 16.0. The van der Waals surface area contributed by atoms with Crippen molar-refractivity contribution in [2.45, 2.75) is 39.5 Å². The van der Waals surface area contributed by atoms with E-state index in [1.54, 1.807) is 6.20 Å². The van der Waals surface area contributed by atoms with Crippen LogP contribution in [0.3, 0.4) is 0 Å². The number of H-pyrrole nitrogens is 1. The number of pyridine rings is 1. The summed E-state index contributed by atoms with van der Waals surface area (Å²) >= 11 is 0. The molecule has 6 heteroatoms. The summed E-state index contributed by atoms with van der Waals surface area (Å²) in [6, 6.07) is 3.77. The first-order valence-electron chi connectivity index (χ1n) is 7.67. The third-order valence-electron chi connectivity index (χ3n) is 3.68. The summed E-state index contributed by atoms with van der Waals surface area (Å²) in [5, 5.41) is 12.1. The Hall–Kier alpha value is -1.95. The Balaban J connectivity index is 1.69. The molecule has 0 aliphatic heterocycles. The number of nitrogens with zero attached hydrogens (tertiary/aromatic N) is 2. The minimum absolute atomic E-state index is 0.0234. The molecule has 0 saturated heterocycles. The first kappa shape index (κ1) is 16.4. The quantitative estimate of drug-likeness (QED) is 0.649. The zero-order valence-electron chi connectivity index (χ0n) is 13.2. The first-order valence-corrected chi connectivity index (χ1v) is 7.67. The van der Waals surface area contributed by atoms with Crippen LogP contribution >= 0.6 is 0 Å². The molecular formula is C16H24N4O2.